The van der Waals surface area contributed by atoms with E-state index in [0.717, 1.165) is 25.7 Å². The van der Waals surface area contributed by atoms with Crippen LogP contribution in [0.15, 0.2) is 194 Å². The third-order valence-electron chi connectivity index (χ3n) is 17.5. The minimum absolute atomic E-state index is 0.0595. The zero-order valence-corrected chi connectivity index (χ0v) is 68.2. The van der Waals surface area contributed by atoms with Crippen LogP contribution < -0.4 is 56.8 Å². The van der Waals surface area contributed by atoms with Gasteiger partial charge in [-0.05, 0) is 271 Å². The van der Waals surface area contributed by atoms with Crippen LogP contribution in [-0.2, 0) is 57.3 Å². The summed E-state index contributed by atoms with van der Waals surface area (Å²) < 4.78 is 89.4. The third kappa shape index (κ3) is 35.0. The van der Waals surface area contributed by atoms with Gasteiger partial charge < -0.3 is 75.8 Å². The van der Waals surface area contributed by atoms with E-state index >= 15 is 0 Å². The summed E-state index contributed by atoms with van der Waals surface area (Å²) in [5.41, 5.74) is -1.04. The zero-order valence-electron chi connectivity index (χ0n) is 68.2. The molecular weight excluding hydrogens is 1560 g/mol. The van der Waals surface area contributed by atoms with Gasteiger partial charge in [0.05, 0.1) is 55.3 Å². The number of hydrogen-bond acceptors (Lipinski definition) is 28. The van der Waals surface area contributed by atoms with E-state index in [1.54, 1.807) is 97.1 Å². The molecule has 0 heterocycles. The normalized spacial score (nSPS) is 10.8. The van der Waals surface area contributed by atoms with Crippen LogP contribution in [0.25, 0.3) is 0 Å². The van der Waals surface area contributed by atoms with Gasteiger partial charge in [-0.3, -0.25) is 38.4 Å². The van der Waals surface area contributed by atoms with E-state index in [9.17, 15) is 57.5 Å². The number of unbranched alkanes of at least 4 members (excludes halogenated alkanes) is 4. The van der Waals surface area contributed by atoms with Crippen molar-refractivity contribution in [2.24, 2.45) is 0 Å². The first-order chi connectivity index (χ1) is 58.6. The van der Waals surface area contributed by atoms with Crippen LogP contribution in [0.5, 0.6) is 69.0 Å². The minimum atomic E-state index is -2.02. The van der Waals surface area contributed by atoms with Crippen LogP contribution in [0.4, 0.5) is 0 Å². The lowest BCUT2D eigenvalue weighted by atomic mass is 10.0. The van der Waals surface area contributed by atoms with Crippen molar-refractivity contribution in [2.75, 3.05) is 46.2 Å². The summed E-state index contributed by atoms with van der Waals surface area (Å²) in [6.45, 7) is 8.10. The number of carbonyl (C=O) groups is 12. The Morgan fingerprint density at radius 2 is 0.405 bits per heavy atom. The minimum Gasteiger partial charge on any atom is -0.494 e. The second-order valence-electron chi connectivity index (χ2n) is 27.6. The Kier molecular flexibility index (Phi) is 39.3. The van der Waals surface area contributed by atoms with Gasteiger partial charge in [-0.25, -0.2) is 19.2 Å². The molecule has 0 atom stereocenters. The van der Waals surface area contributed by atoms with Gasteiger partial charge in [0.1, 0.15) is 82.2 Å². The number of ether oxygens (including phenoxy) is 16. The summed E-state index contributed by atoms with van der Waals surface area (Å²) in [7, 11) is 0. The Hall–Kier alpha value is -13.4. The molecule has 0 aliphatic carbocycles. The Labute approximate surface area is 701 Å². The van der Waals surface area contributed by atoms with Crippen molar-refractivity contribution in [2.45, 2.75) is 168 Å². The Balaban J connectivity index is 0.865. The van der Waals surface area contributed by atoms with Crippen molar-refractivity contribution in [3.63, 3.8) is 0 Å². The van der Waals surface area contributed by atoms with Crippen LogP contribution in [-0.4, -0.2) is 123 Å². The fourth-order valence-corrected chi connectivity index (χ4v) is 11.1. The van der Waals surface area contributed by atoms with Crippen molar-refractivity contribution in [1.82, 2.24) is 0 Å². The molecule has 28 nitrogen and oxygen atoms in total. The molecule has 121 heavy (non-hydrogen) atoms. The van der Waals surface area contributed by atoms with Crippen molar-refractivity contribution < 1.29 is 133 Å². The van der Waals surface area contributed by atoms with E-state index in [2.05, 4.69) is 0 Å². The van der Waals surface area contributed by atoms with Crippen molar-refractivity contribution in [3.05, 3.63) is 216 Å². The average Bonchev–Trinajstić information content (AvgIpc) is 0.861. The molecule has 0 radical (unpaired) electrons. The van der Waals surface area contributed by atoms with Gasteiger partial charge in [0, 0.05) is 57.8 Å². The fourth-order valence-electron chi connectivity index (χ4n) is 11.1. The Bertz CT molecular complexity index is 4490. The van der Waals surface area contributed by atoms with Gasteiger partial charge >= 0.3 is 71.6 Å². The summed E-state index contributed by atoms with van der Waals surface area (Å²) in [5.74, 6) is -4.21. The monoisotopic (exact) mass is 1660 g/mol. The highest BCUT2D eigenvalue weighted by molar-refractivity contribution is 5.93. The molecule has 8 aromatic rings. The van der Waals surface area contributed by atoms with E-state index in [4.69, 9.17) is 75.8 Å². The maximum Gasteiger partial charge on any atom is 0.343 e. The summed E-state index contributed by atoms with van der Waals surface area (Å²) in [6.07, 6.45) is 2.39. The van der Waals surface area contributed by atoms with Gasteiger partial charge in [-0.15, -0.1) is 0 Å². The van der Waals surface area contributed by atoms with Crippen LogP contribution in [0, 0.1) is 0 Å². The molecule has 0 aliphatic rings. The maximum absolute atomic E-state index is 14.1. The molecule has 0 saturated carbocycles. The Morgan fingerprint density at radius 3 is 0.645 bits per heavy atom. The second kappa shape index (κ2) is 51.0. The average molecular weight is 1670 g/mol. The van der Waals surface area contributed by atoms with E-state index in [1.807, 2.05) is 27.7 Å². The number of rotatable bonds is 52. The lowest BCUT2D eigenvalue weighted by Crippen LogP contribution is -2.46. The molecule has 0 amide bonds. The van der Waals surface area contributed by atoms with Crippen LogP contribution in [0.1, 0.15) is 204 Å². The van der Waals surface area contributed by atoms with Gasteiger partial charge in [0.25, 0.3) is 0 Å². The molecule has 28 heteroatoms. The summed E-state index contributed by atoms with van der Waals surface area (Å²) in [4.78, 5) is 158. The third-order valence-corrected chi connectivity index (χ3v) is 17.5. The van der Waals surface area contributed by atoms with E-state index in [-0.39, 0.29) is 148 Å². The molecule has 0 aliphatic heterocycles. The van der Waals surface area contributed by atoms with Gasteiger partial charge in [-0.2, -0.15) is 0 Å². The highest BCUT2D eigenvalue weighted by Crippen LogP contribution is 2.29. The first-order valence-corrected chi connectivity index (χ1v) is 40.4. The van der Waals surface area contributed by atoms with Gasteiger partial charge in [0.2, 0.25) is 0 Å². The predicted molar refractivity (Wildman–Crippen MR) is 437 cm³/mol. The molecule has 0 aromatic heterocycles. The number of carbonyl (C=O) groups excluding carboxylic acids is 12. The van der Waals surface area contributed by atoms with E-state index in [1.165, 1.54) is 97.1 Å². The summed E-state index contributed by atoms with van der Waals surface area (Å²) >= 11 is 0. The molecule has 8 rings (SSSR count). The van der Waals surface area contributed by atoms with Gasteiger partial charge in [-0.1, -0.05) is 27.7 Å². The quantitative estimate of drug-likeness (QED) is 0.0148. The first-order valence-electron chi connectivity index (χ1n) is 40.4. The summed E-state index contributed by atoms with van der Waals surface area (Å²) in [5, 5.41) is 0. The molecule has 640 valence electrons. The largest absolute Gasteiger partial charge is 0.494 e. The smallest absolute Gasteiger partial charge is 0.343 e. The SMILES string of the molecule is CCCOc1ccc(OC(=O)c2ccc(OC(=O)CCCCC(=O)OCC(CCOC(=O)CCCCC(=O)Oc3ccc(OC(=O)c4ccc(OCCC)cc4)cc3)(COC(=O)CCCCC(=O)Oc3ccc(C(=O)Oc4ccc(OCCC)cc4)cc3)OC(=O)CCCCC(=O)Oc3ccc(OC(=O)c4ccc(OCCC)cc4)cc3)cc2)cc1. The topological polar surface area (TPSA) is 353 Å². The number of hydrogen-bond donors (Lipinski definition) is 0. The van der Waals surface area contributed by atoms with Crippen molar-refractivity contribution >= 4 is 71.6 Å². The lowest BCUT2D eigenvalue weighted by Gasteiger charge is -2.32. The van der Waals surface area contributed by atoms with E-state index in [0.29, 0.717) is 72.1 Å². The highest BCUT2D eigenvalue weighted by atomic mass is 16.6. The molecule has 8 aromatic carbocycles. The van der Waals surface area contributed by atoms with Crippen LogP contribution >= 0.6 is 0 Å². The van der Waals surface area contributed by atoms with E-state index < -0.39 is 103 Å². The van der Waals surface area contributed by atoms with Crippen molar-refractivity contribution in [1.29, 1.82) is 0 Å². The molecule has 0 spiro atoms. The zero-order chi connectivity index (χ0) is 86.4. The Morgan fingerprint density at radius 1 is 0.215 bits per heavy atom. The van der Waals surface area contributed by atoms with Crippen LogP contribution in [0.3, 0.4) is 0 Å². The molecule has 0 unspecified atom stereocenters. The lowest BCUT2D eigenvalue weighted by molar-refractivity contribution is -0.188. The van der Waals surface area contributed by atoms with Gasteiger partial charge in [0.15, 0.2) is 5.60 Å². The molecule has 0 fully saturated rings. The molecule has 0 N–H and O–H groups in total. The standard InChI is InChI=1S/C93H100O28/c1-5-58-106-69-33-25-65(26-34-69)89(102)119-79-53-49-75(50-54-79)115-86(99)20-12-9-17-81(94)110-62-57-93(121-88(101)24-16-15-23-87(100)116-76-51-55-80(56-52-76)120-90(103)66-27-35-70(36-28-66)107-59-6-2,63-111-82(95)18-10-13-21-84(97)113-73-37-29-67(30-38-73)91(104)117-77-45-41-71(42-46-77)108-60-7-3)64-112-83(96)19-11-14-22-85(98)114-74-39-31-68(32-40-74)92(105)118-78-47-43-72(44-48-78)109-61-8-4/h25-56H,5-24,57-64H2,1-4H3. The molecule has 0 bridgehead atoms. The first kappa shape index (κ1) is 93.1. The fraction of sp³-hybridized carbons (Fsp3) is 0.355. The van der Waals surface area contributed by atoms with Crippen molar-refractivity contribution in [3.8, 4) is 69.0 Å². The highest BCUT2D eigenvalue weighted by Gasteiger charge is 2.39. The maximum atomic E-state index is 14.1. The molecular formula is C93H100O28. The second-order valence-corrected chi connectivity index (χ2v) is 27.6. The van der Waals surface area contributed by atoms with Crippen LogP contribution in [0.2, 0.25) is 0 Å². The number of benzene rings is 8. The molecule has 0 saturated heterocycles. The number of esters is 12. The summed E-state index contributed by atoms with van der Waals surface area (Å²) in [6, 6.07) is 49.3. The predicted octanol–water partition coefficient (Wildman–Crippen LogP) is 17.0.